The van der Waals surface area contributed by atoms with Crippen molar-refractivity contribution in [3.05, 3.63) is 64.8 Å². The predicted molar refractivity (Wildman–Crippen MR) is 88.7 cm³/mol. The minimum atomic E-state index is -0.238. The van der Waals surface area contributed by atoms with Crippen molar-refractivity contribution in [1.29, 1.82) is 0 Å². The quantitative estimate of drug-likeness (QED) is 0.505. The van der Waals surface area contributed by atoms with E-state index < -0.39 is 0 Å². The van der Waals surface area contributed by atoms with Crippen LogP contribution in [-0.2, 0) is 4.79 Å². The van der Waals surface area contributed by atoms with Crippen molar-refractivity contribution < 1.29 is 9.21 Å². The highest BCUT2D eigenvalue weighted by molar-refractivity contribution is 5.92. The largest absolute Gasteiger partial charge is 0.456 e. The molecule has 116 valence electrons. The van der Waals surface area contributed by atoms with Crippen LogP contribution in [0.5, 0.6) is 0 Å². The number of anilines is 1. The summed E-state index contributed by atoms with van der Waals surface area (Å²) in [5.41, 5.74) is 4.13. The van der Waals surface area contributed by atoms with Gasteiger partial charge in [0.05, 0.1) is 11.9 Å². The Morgan fingerprint density at radius 2 is 1.83 bits per heavy atom. The van der Waals surface area contributed by atoms with Gasteiger partial charge in [-0.1, -0.05) is 12.1 Å². The topological polar surface area (TPSA) is 97.4 Å². The van der Waals surface area contributed by atoms with Gasteiger partial charge in [0.15, 0.2) is 5.43 Å². The van der Waals surface area contributed by atoms with Crippen LogP contribution in [0.2, 0.25) is 0 Å². The molecule has 0 atom stereocenters. The minimum absolute atomic E-state index is 0.0291. The number of nitrogens with two attached hydrogens (primary N) is 1. The van der Waals surface area contributed by atoms with Crippen LogP contribution in [0, 0.1) is 0 Å². The number of amides is 1. The molecule has 0 bridgehead atoms. The molecule has 23 heavy (non-hydrogen) atoms. The Hall–Kier alpha value is -2.96. The third-order valence-electron chi connectivity index (χ3n) is 3.35. The summed E-state index contributed by atoms with van der Waals surface area (Å²) in [6.45, 7) is 0.0291. The van der Waals surface area contributed by atoms with Crippen molar-refractivity contribution in [2.24, 2.45) is 5.84 Å². The zero-order chi connectivity index (χ0) is 16.2. The molecule has 0 aliphatic heterocycles. The molecule has 0 aliphatic carbocycles. The fraction of sp³-hybridized carbons (Fsp3) is 0.0588. The first kappa shape index (κ1) is 15.0. The highest BCUT2D eigenvalue weighted by atomic mass is 16.3. The van der Waals surface area contributed by atoms with E-state index >= 15 is 0 Å². The molecule has 3 aromatic rings. The van der Waals surface area contributed by atoms with E-state index in [-0.39, 0.29) is 17.9 Å². The summed E-state index contributed by atoms with van der Waals surface area (Å²) >= 11 is 0. The Morgan fingerprint density at radius 1 is 1.09 bits per heavy atom. The molecule has 0 spiro atoms. The predicted octanol–water partition coefficient (Wildman–Crippen LogP) is 1.86. The number of carbonyl (C=O) groups is 1. The van der Waals surface area contributed by atoms with Crippen LogP contribution < -0.4 is 22.0 Å². The molecule has 0 radical (unpaired) electrons. The first-order valence-electron chi connectivity index (χ1n) is 7.04. The molecule has 1 heterocycles. The molecule has 2 aromatic carbocycles. The zero-order valence-electron chi connectivity index (χ0n) is 12.2. The number of carbonyl (C=O) groups excluding carboxylic acids is 1. The molecule has 0 unspecified atom stereocenters. The first-order chi connectivity index (χ1) is 11.2. The van der Waals surface area contributed by atoms with Crippen LogP contribution in [0.15, 0.2) is 63.8 Å². The molecule has 0 saturated heterocycles. The van der Waals surface area contributed by atoms with Crippen LogP contribution in [-0.4, -0.2) is 12.5 Å². The number of hydrogen-bond donors (Lipinski definition) is 3. The highest BCUT2D eigenvalue weighted by Gasteiger charge is 2.07. The van der Waals surface area contributed by atoms with Gasteiger partial charge < -0.3 is 9.73 Å². The summed E-state index contributed by atoms with van der Waals surface area (Å²) in [6, 6.07) is 15.6. The van der Waals surface area contributed by atoms with Gasteiger partial charge in [-0.05, 0) is 36.4 Å². The Balaban J connectivity index is 1.90. The Kier molecular flexibility index (Phi) is 4.18. The molecule has 1 amide bonds. The van der Waals surface area contributed by atoms with Crippen LogP contribution >= 0.6 is 0 Å². The summed E-state index contributed by atoms with van der Waals surface area (Å²) in [4.78, 5) is 23.6. The van der Waals surface area contributed by atoms with E-state index in [0.717, 1.165) is 5.56 Å². The Morgan fingerprint density at radius 3 is 2.57 bits per heavy atom. The molecular formula is C17H15N3O3. The van der Waals surface area contributed by atoms with Crippen LogP contribution in [0.25, 0.3) is 22.3 Å². The van der Waals surface area contributed by atoms with E-state index in [4.69, 9.17) is 10.3 Å². The van der Waals surface area contributed by atoms with E-state index in [9.17, 15) is 9.59 Å². The lowest BCUT2D eigenvalue weighted by atomic mass is 10.1. The second-order valence-electron chi connectivity index (χ2n) is 4.98. The Labute approximate surface area is 131 Å². The van der Waals surface area contributed by atoms with Crippen molar-refractivity contribution in [3.63, 3.8) is 0 Å². The third-order valence-corrected chi connectivity index (χ3v) is 3.35. The highest BCUT2D eigenvalue weighted by Crippen LogP contribution is 2.23. The van der Waals surface area contributed by atoms with Crippen LogP contribution in [0.1, 0.15) is 0 Å². The van der Waals surface area contributed by atoms with E-state index in [2.05, 4.69) is 10.7 Å². The average Bonchev–Trinajstić information content (AvgIpc) is 2.56. The number of para-hydroxylation sites is 1. The SMILES string of the molecule is NNCC(=O)Nc1ccc(-c2cc(=O)c3ccccc3o2)cc1. The summed E-state index contributed by atoms with van der Waals surface area (Å²) in [6.07, 6.45) is 0. The second kappa shape index (κ2) is 6.43. The van der Waals surface area contributed by atoms with Gasteiger partial charge in [-0.25, -0.2) is 0 Å². The van der Waals surface area contributed by atoms with Crippen molar-refractivity contribution in [2.45, 2.75) is 0 Å². The smallest absolute Gasteiger partial charge is 0.239 e. The number of benzene rings is 2. The number of nitrogens with one attached hydrogen (secondary N) is 2. The second-order valence-corrected chi connectivity index (χ2v) is 4.98. The van der Waals surface area contributed by atoms with E-state index in [0.29, 0.717) is 22.4 Å². The van der Waals surface area contributed by atoms with Gasteiger partial charge in [0.1, 0.15) is 11.3 Å². The molecular weight excluding hydrogens is 294 g/mol. The monoisotopic (exact) mass is 309 g/mol. The summed E-state index contributed by atoms with van der Waals surface area (Å²) in [7, 11) is 0. The fourth-order valence-corrected chi connectivity index (χ4v) is 2.26. The number of rotatable bonds is 4. The Bertz CT molecular complexity index is 901. The number of hydrazine groups is 1. The molecule has 3 rings (SSSR count). The van der Waals surface area contributed by atoms with E-state index in [1.54, 1.807) is 42.5 Å². The summed E-state index contributed by atoms with van der Waals surface area (Å²) < 4.78 is 5.77. The van der Waals surface area contributed by atoms with Crippen molar-refractivity contribution in [1.82, 2.24) is 5.43 Å². The van der Waals surface area contributed by atoms with Gasteiger partial charge in [-0.15, -0.1) is 0 Å². The molecule has 0 aliphatic rings. The van der Waals surface area contributed by atoms with E-state index in [1.165, 1.54) is 6.07 Å². The summed E-state index contributed by atoms with van der Waals surface area (Å²) in [5.74, 6) is 5.33. The third kappa shape index (κ3) is 3.28. The minimum Gasteiger partial charge on any atom is -0.456 e. The van der Waals surface area contributed by atoms with Crippen molar-refractivity contribution >= 4 is 22.6 Å². The molecule has 4 N–H and O–H groups in total. The van der Waals surface area contributed by atoms with Gasteiger partial charge in [0.2, 0.25) is 5.91 Å². The van der Waals surface area contributed by atoms with Gasteiger partial charge in [0, 0.05) is 17.3 Å². The zero-order valence-corrected chi connectivity index (χ0v) is 12.2. The maximum absolute atomic E-state index is 12.1. The van der Waals surface area contributed by atoms with Gasteiger partial charge in [-0.2, -0.15) is 0 Å². The van der Waals surface area contributed by atoms with Crippen molar-refractivity contribution in [2.75, 3.05) is 11.9 Å². The van der Waals surface area contributed by atoms with E-state index in [1.807, 2.05) is 6.07 Å². The first-order valence-corrected chi connectivity index (χ1v) is 7.04. The molecule has 6 nitrogen and oxygen atoms in total. The molecule has 1 aromatic heterocycles. The lowest BCUT2D eigenvalue weighted by Gasteiger charge is -2.06. The van der Waals surface area contributed by atoms with Crippen molar-refractivity contribution in [3.8, 4) is 11.3 Å². The summed E-state index contributed by atoms with van der Waals surface area (Å²) in [5, 5.41) is 3.24. The lowest BCUT2D eigenvalue weighted by Crippen LogP contribution is -2.32. The standard InChI is InChI=1S/C17H15N3O3/c18-19-10-17(22)20-12-7-5-11(6-8-12)16-9-14(21)13-3-1-2-4-15(13)23-16/h1-9,19H,10,18H2,(H,20,22). The number of fused-ring (bicyclic) bond motifs is 1. The van der Waals surface area contributed by atoms with Gasteiger partial charge >= 0.3 is 0 Å². The maximum Gasteiger partial charge on any atom is 0.239 e. The molecule has 0 fully saturated rings. The van der Waals surface area contributed by atoms with Gasteiger partial charge in [-0.3, -0.25) is 20.9 Å². The maximum atomic E-state index is 12.1. The lowest BCUT2D eigenvalue weighted by molar-refractivity contribution is -0.115. The fourth-order valence-electron chi connectivity index (χ4n) is 2.26. The van der Waals surface area contributed by atoms with Gasteiger partial charge in [0.25, 0.3) is 0 Å². The number of hydrogen-bond acceptors (Lipinski definition) is 5. The van der Waals surface area contributed by atoms with Crippen LogP contribution in [0.4, 0.5) is 5.69 Å². The van der Waals surface area contributed by atoms with Crippen LogP contribution in [0.3, 0.4) is 0 Å². The molecule has 6 heteroatoms. The average molecular weight is 309 g/mol. The normalized spacial score (nSPS) is 10.7. The molecule has 0 saturated carbocycles.